The normalized spacial score (nSPS) is 17.6. The van der Waals surface area contributed by atoms with Crippen LogP contribution in [-0.4, -0.2) is 82.2 Å². The zero-order valence-corrected chi connectivity index (χ0v) is 17.4. The molecule has 3 rings (SSSR count). The van der Waals surface area contributed by atoms with Gasteiger partial charge in [0.1, 0.15) is 25.0 Å². The predicted molar refractivity (Wildman–Crippen MR) is 110 cm³/mol. The highest BCUT2D eigenvalue weighted by molar-refractivity contribution is 5.75. The Morgan fingerprint density at radius 3 is 2.83 bits per heavy atom. The van der Waals surface area contributed by atoms with Crippen LogP contribution < -0.4 is 0 Å². The minimum Gasteiger partial charge on any atom is -0.339 e. The van der Waals surface area contributed by atoms with E-state index in [2.05, 4.69) is 19.9 Å². The number of likely N-dealkylation sites (N-methyl/N-ethyl adjacent to an activating group) is 1. The van der Waals surface area contributed by atoms with Crippen LogP contribution >= 0.6 is 0 Å². The van der Waals surface area contributed by atoms with Gasteiger partial charge >= 0.3 is 0 Å². The summed E-state index contributed by atoms with van der Waals surface area (Å²) in [5.74, 6) is 0.297. The summed E-state index contributed by atoms with van der Waals surface area (Å²) in [7, 11) is 4.02. The molecule has 1 saturated heterocycles. The SMILES string of the molecule is CN(C)CCN(CC1CCCN(Cc2ccccc2F)C1)C(=O)Cn1cncn1. The number of hydrogen-bond acceptors (Lipinski definition) is 5. The lowest BCUT2D eigenvalue weighted by Crippen LogP contribution is -2.45. The van der Waals surface area contributed by atoms with Crippen molar-refractivity contribution in [1.29, 1.82) is 0 Å². The molecular weight excluding hydrogens is 371 g/mol. The minimum atomic E-state index is -0.148. The van der Waals surface area contributed by atoms with Gasteiger partial charge in [0.2, 0.25) is 5.91 Å². The van der Waals surface area contributed by atoms with E-state index in [9.17, 15) is 9.18 Å². The fraction of sp³-hybridized carbons (Fsp3) is 0.571. The molecule has 2 heterocycles. The van der Waals surface area contributed by atoms with E-state index in [0.29, 0.717) is 19.0 Å². The lowest BCUT2D eigenvalue weighted by Gasteiger charge is -2.36. The fourth-order valence-electron chi connectivity index (χ4n) is 3.81. The van der Waals surface area contributed by atoms with Crippen molar-refractivity contribution in [3.05, 3.63) is 48.3 Å². The van der Waals surface area contributed by atoms with Gasteiger partial charge in [0.15, 0.2) is 0 Å². The van der Waals surface area contributed by atoms with Gasteiger partial charge in [0, 0.05) is 38.3 Å². The molecule has 1 aliphatic rings. The maximum Gasteiger partial charge on any atom is 0.244 e. The van der Waals surface area contributed by atoms with E-state index in [0.717, 1.165) is 44.6 Å². The first-order chi connectivity index (χ1) is 14.0. The van der Waals surface area contributed by atoms with Gasteiger partial charge in [-0.25, -0.2) is 14.1 Å². The van der Waals surface area contributed by atoms with Crippen molar-refractivity contribution in [3.63, 3.8) is 0 Å². The Kier molecular flexibility index (Phi) is 7.71. The van der Waals surface area contributed by atoms with Crippen LogP contribution in [0.4, 0.5) is 4.39 Å². The molecule has 1 atom stereocenters. The van der Waals surface area contributed by atoms with Gasteiger partial charge in [-0.3, -0.25) is 9.69 Å². The Hall–Kier alpha value is -2.32. The van der Waals surface area contributed by atoms with E-state index in [1.54, 1.807) is 17.1 Å². The Labute approximate surface area is 172 Å². The summed E-state index contributed by atoms with van der Waals surface area (Å²) < 4.78 is 15.6. The molecule has 0 N–H and O–H groups in total. The molecule has 7 nitrogen and oxygen atoms in total. The van der Waals surface area contributed by atoms with Crippen molar-refractivity contribution < 1.29 is 9.18 Å². The molecule has 8 heteroatoms. The van der Waals surface area contributed by atoms with Gasteiger partial charge in [-0.2, -0.15) is 5.10 Å². The molecule has 0 radical (unpaired) electrons. The van der Waals surface area contributed by atoms with Crippen LogP contribution in [-0.2, 0) is 17.9 Å². The average molecular weight is 403 g/mol. The number of benzene rings is 1. The molecule has 1 unspecified atom stereocenters. The van der Waals surface area contributed by atoms with Crippen LogP contribution in [0, 0.1) is 11.7 Å². The molecular formula is C21H31FN6O. The number of piperidine rings is 1. The number of halogens is 1. The van der Waals surface area contributed by atoms with Crippen LogP contribution in [0.25, 0.3) is 0 Å². The molecule has 0 spiro atoms. The third-order valence-corrected chi connectivity index (χ3v) is 5.37. The quantitative estimate of drug-likeness (QED) is 0.639. The largest absolute Gasteiger partial charge is 0.339 e. The topological polar surface area (TPSA) is 57.5 Å². The van der Waals surface area contributed by atoms with E-state index in [1.165, 1.54) is 12.4 Å². The van der Waals surface area contributed by atoms with Gasteiger partial charge in [0.05, 0.1) is 0 Å². The number of carbonyl (C=O) groups excluding carboxylic acids is 1. The monoisotopic (exact) mass is 402 g/mol. The van der Waals surface area contributed by atoms with Crippen molar-refractivity contribution >= 4 is 5.91 Å². The van der Waals surface area contributed by atoms with E-state index < -0.39 is 0 Å². The molecule has 2 aromatic rings. The lowest BCUT2D eigenvalue weighted by molar-refractivity contribution is -0.133. The summed E-state index contributed by atoms with van der Waals surface area (Å²) in [5.41, 5.74) is 0.736. The highest BCUT2D eigenvalue weighted by atomic mass is 19.1. The molecule has 1 aliphatic heterocycles. The summed E-state index contributed by atoms with van der Waals surface area (Å²) in [5, 5.41) is 4.05. The summed E-state index contributed by atoms with van der Waals surface area (Å²) in [6.07, 6.45) is 5.17. The lowest BCUT2D eigenvalue weighted by atomic mass is 9.96. The van der Waals surface area contributed by atoms with Gasteiger partial charge < -0.3 is 9.80 Å². The third kappa shape index (κ3) is 6.61. The Bertz CT molecular complexity index is 766. The van der Waals surface area contributed by atoms with Gasteiger partial charge in [-0.05, 0) is 45.5 Å². The highest BCUT2D eigenvalue weighted by Crippen LogP contribution is 2.21. The molecule has 0 aliphatic carbocycles. The maximum absolute atomic E-state index is 14.0. The van der Waals surface area contributed by atoms with E-state index in [1.807, 2.05) is 31.1 Å². The number of carbonyl (C=O) groups is 1. The van der Waals surface area contributed by atoms with Crippen molar-refractivity contribution in [2.75, 3.05) is 46.8 Å². The first-order valence-electron chi connectivity index (χ1n) is 10.2. The Morgan fingerprint density at radius 1 is 1.28 bits per heavy atom. The van der Waals surface area contributed by atoms with Crippen LogP contribution in [0.1, 0.15) is 18.4 Å². The first kappa shape index (κ1) is 21.4. The molecule has 29 heavy (non-hydrogen) atoms. The molecule has 1 aromatic carbocycles. The number of amides is 1. The van der Waals surface area contributed by atoms with Crippen molar-refractivity contribution in [2.45, 2.75) is 25.9 Å². The molecule has 0 bridgehead atoms. The van der Waals surface area contributed by atoms with Crippen molar-refractivity contribution in [2.24, 2.45) is 5.92 Å². The minimum absolute atomic E-state index is 0.0589. The maximum atomic E-state index is 14.0. The summed E-state index contributed by atoms with van der Waals surface area (Å²) in [6.45, 7) is 4.89. The molecule has 158 valence electrons. The summed E-state index contributed by atoms with van der Waals surface area (Å²) in [6, 6.07) is 6.97. The third-order valence-electron chi connectivity index (χ3n) is 5.37. The number of hydrogen-bond donors (Lipinski definition) is 0. The first-order valence-corrected chi connectivity index (χ1v) is 10.2. The second-order valence-electron chi connectivity index (χ2n) is 8.07. The highest BCUT2D eigenvalue weighted by Gasteiger charge is 2.25. The van der Waals surface area contributed by atoms with E-state index in [-0.39, 0.29) is 18.3 Å². The van der Waals surface area contributed by atoms with Gasteiger partial charge in [0.25, 0.3) is 0 Å². The Morgan fingerprint density at radius 2 is 2.10 bits per heavy atom. The van der Waals surface area contributed by atoms with E-state index in [4.69, 9.17) is 0 Å². The van der Waals surface area contributed by atoms with Crippen LogP contribution in [0.5, 0.6) is 0 Å². The predicted octanol–water partition coefficient (Wildman–Crippen LogP) is 1.72. The molecule has 1 fully saturated rings. The molecule has 0 saturated carbocycles. The van der Waals surface area contributed by atoms with E-state index >= 15 is 0 Å². The second-order valence-corrected chi connectivity index (χ2v) is 8.07. The number of nitrogens with zero attached hydrogens (tertiary/aromatic N) is 6. The van der Waals surface area contributed by atoms with Gasteiger partial charge in [-0.1, -0.05) is 18.2 Å². The second kappa shape index (κ2) is 10.5. The molecule has 1 amide bonds. The standard InChI is InChI=1S/C21H31FN6O/c1-25(2)10-11-27(21(29)15-28-17-23-16-24-28)13-18-6-5-9-26(12-18)14-19-7-3-4-8-20(19)22/h3-4,7-8,16-18H,5-6,9-15H2,1-2H3. The zero-order valence-electron chi connectivity index (χ0n) is 17.4. The number of likely N-dealkylation sites (tertiary alicyclic amines) is 1. The van der Waals surface area contributed by atoms with Crippen molar-refractivity contribution in [1.82, 2.24) is 29.5 Å². The fourth-order valence-corrected chi connectivity index (χ4v) is 3.81. The zero-order chi connectivity index (χ0) is 20.6. The average Bonchev–Trinajstić information content (AvgIpc) is 3.20. The number of rotatable bonds is 9. The smallest absolute Gasteiger partial charge is 0.244 e. The number of aromatic nitrogens is 3. The van der Waals surface area contributed by atoms with Gasteiger partial charge in [-0.15, -0.1) is 0 Å². The molecule has 1 aromatic heterocycles. The summed E-state index contributed by atoms with van der Waals surface area (Å²) in [4.78, 5) is 23.1. The Balaban J connectivity index is 1.59. The van der Waals surface area contributed by atoms with Crippen LogP contribution in [0.3, 0.4) is 0 Å². The van der Waals surface area contributed by atoms with Crippen LogP contribution in [0.2, 0.25) is 0 Å². The van der Waals surface area contributed by atoms with Crippen LogP contribution in [0.15, 0.2) is 36.9 Å². The summed E-state index contributed by atoms with van der Waals surface area (Å²) >= 11 is 0. The van der Waals surface area contributed by atoms with Crippen molar-refractivity contribution in [3.8, 4) is 0 Å².